The van der Waals surface area contributed by atoms with Crippen molar-refractivity contribution in [2.75, 3.05) is 0 Å². The number of para-hydroxylation sites is 1. The topological polar surface area (TPSA) is 35.5 Å². The van der Waals surface area contributed by atoms with Gasteiger partial charge in [0.05, 0.1) is 0 Å². The molecule has 3 heteroatoms. The third kappa shape index (κ3) is 15.2. The van der Waals surface area contributed by atoms with Crippen LogP contribution in [0.25, 0.3) is 0 Å². The van der Waals surface area contributed by atoms with Crippen molar-refractivity contribution in [3.8, 4) is 11.5 Å². The number of Topliss-reactive ketones (excluding diaryl/α,β-unsaturated/α-hetero) is 1. The predicted octanol–water partition coefficient (Wildman–Crippen LogP) is 10.7. The number of carbonyl (C=O) groups is 1. The minimum absolute atomic E-state index is 0.0314. The molecule has 0 bridgehead atoms. The van der Waals surface area contributed by atoms with Crippen molar-refractivity contribution in [3.05, 3.63) is 120 Å². The van der Waals surface area contributed by atoms with Crippen molar-refractivity contribution < 1.29 is 14.3 Å². The van der Waals surface area contributed by atoms with Gasteiger partial charge in [0.2, 0.25) is 0 Å². The quantitative estimate of drug-likeness (QED) is 0.140. The summed E-state index contributed by atoms with van der Waals surface area (Å²) in [4.78, 5) is 12.8. The van der Waals surface area contributed by atoms with Gasteiger partial charge in [0, 0.05) is 12.0 Å². The van der Waals surface area contributed by atoms with E-state index in [4.69, 9.17) is 9.47 Å². The van der Waals surface area contributed by atoms with Gasteiger partial charge in [-0.15, -0.1) is 0 Å². The van der Waals surface area contributed by atoms with Crippen molar-refractivity contribution in [2.24, 2.45) is 0 Å². The summed E-state index contributed by atoms with van der Waals surface area (Å²) in [5.41, 5.74) is 1.25. The van der Waals surface area contributed by atoms with Gasteiger partial charge in [-0.2, -0.15) is 0 Å². The number of rotatable bonds is 10. The summed E-state index contributed by atoms with van der Waals surface area (Å²) < 4.78 is 11.7. The zero-order valence-electron chi connectivity index (χ0n) is 24.7. The Morgan fingerprint density at radius 3 is 1.81 bits per heavy atom. The highest BCUT2D eigenvalue weighted by molar-refractivity contribution is 6.08. The van der Waals surface area contributed by atoms with Crippen molar-refractivity contribution >= 4 is 5.78 Å². The van der Waals surface area contributed by atoms with Crippen molar-refractivity contribution in [1.29, 1.82) is 0 Å². The second kappa shape index (κ2) is 24.1. The first-order valence-corrected chi connectivity index (χ1v) is 13.5. The first-order chi connectivity index (χ1) is 18.1. The molecule has 0 amide bonds. The minimum atomic E-state index is -0.0314. The molecule has 202 valence electrons. The predicted molar refractivity (Wildman–Crippen MR) is 162 cm³/mol. The van der Waals surface area contributed by atoms with Gasteiger partial charge in [0.15, 0.2) is 5.78 Å². The van der Waals surface area contributed by atoms with Crippen LogP contribution in [-0.2, 0) is 0 Å². The van der Waals surface area contributed by atoms with Crippen LogP contribution in [0.15, 0.2) is 114 Å². The van der Waals surface area contributed by atoms with Crippen molar-refractivity contribution in [3.63, 3.8) is 0 Å². The van der Waals surface area contributed by atoms with Crippen molar-refractivity contribution in [1.82, 2.24) is 0 Å². The molecule has 0 aliphatic carbocycles. The summed E-state index contributed by atoms with van der Waals surface area (Å²) in [7, 11) is 0. The molecule has 0 heterocycles. The molecule has 2 rings (SSSR count). The van der Waals surface area contributed by atoms with Gasteiger partial charge in [-0.3, -0.25) is 4.79 Å². The molecule has 0 unspecified atom stereocenters. The van der Waals surface area contributed by atoms with Gasteiger partial charge in [0.1, 0.15) is 23.0 Å². The second-order valence-electron chi connectivity index (χ2n) is 6.80. The highest BCUT2D eigenvalue weighted by Gasteiger charge is 2.08. The van der Waals surface area contributed by atoms with Crippen LogP contribution in [0.1, 0.15) is 86.0 Å². The van der Waals surface area contributed by atoms with E-state index in [9.17, 15) is 4.79 Å². The zero-order valence-corrected chi connectivity index (χ0v) is 24.7. The number of hydrogen-bond donors (Lipinski definition) is 0. The first kappa shape index (κ1) is 35.6. The summed E-state index contributed by atoms with van der Waals surface area (Å²) in [6.07, 6.45) is 13.9. The van der Waals surface area contributed by atoms with Crippen LogP contribution in [0.3, 0.4) is 0 Å². The Bertz CT molecular complexity index is 989. The maximum Gasteiger partial charge on any atom is 0.188 e. The summed E-state index contributed by atoms with van der Waals surface area (Å²) in [5.74, 6) is 2.95. The number of hydrogen-bond acceptors (Lipinski definition) is 3. The molecule has 0 atom stereocenters. The average molecular weight is 505 g/mol. The summed E-state index contributed by atoms with van der Waals surface area (Å²) in [5, 5.41) is 0. The molecule has 3 nitrogen and oxygen atoms in total. The smallest absolute Gasteiger partial charge is 0.188 e. The molecule has 2 aromatic rings. The fourth-order valence-electron chi connectivity index (χ4n) is 2.67. The largest absolute Gasteiger partial charge is 0.462 e. The summed E-state index contributed by atoms with van der Waals surface area (Å²) in [6, 6.07) is 16.8. The molecule has 0 fully saturated rings. The van der Waals surface area contributed by atoms with Crippen LogP contribution in [0.2, 0.25) is 0 Å². The molecule has 0 aliphatic rings. The van der Waals surface area contributed by atoms with Crippen LogP contribution >= 0.6 is 0 Å². The van der Waals surface area contributed by atoms with E-state index in [0.717, 1.165) is 23.7 Å². The fraction of sp³-hybridized carbons (Fsp3) is 0.324. The number of allylic oxidation sites excluding steroid dienone is 9. The molecule has 0 N–H and O–H groups in total. The number of benzene rings is 2. The second-order valence-corrected chi connectivity index (χ2v) is 6.80. The third-order valence-electron chi connectivity index (χ3n) is 4.35. The van der Waals surface area contributed by atoms with Gasteiger partial charge in [0.25, 0.3) is 0 Å². The molecule has 37 heavy (non-hydrogen) atoms. The van der Waals surface area contributed by atoms with Crippen LogP contribution in [0.4, 0.5) is 0 Å². The Labute approximate surface area is 226 Å². The Kier molecular flexibility index (Phi) is 23.2. The van der Waals surface area contributed by atoms with Crippen LogP contribution < -0.4 is 9.47 Å². The normalized spacial score (nSPS) is 11.5. The molecule has 0 aliphatic heterocycles. The lowest BCUT2D eigenvalue weighted by Gasteiger charge is -2.08. The van der Waals surface area contributed by atoms with E-state index < -0.39 is 0 Å². The Morgan fingerprint density at radius 2 is 1.30 bits per heavy atom. The molecular weight excluding hydrogens is 456 g/mol. The van der Waals surface area contributed by atoms with Gasteiger partial charge in [-0.05, 0) is 81.0 Å². The molecule has 0 aromatic heterocycles. The van der Waals surface area contributed by atoms with Crippen molar-refractivity contribution in [2.45, 2.75) is 75.7 Å². The molecule has 2 aromatic carbocycles. The third-order valence-corrected chi connectivity index (χ3v) is 4.35. The number of ether oxygens (including phenoxy) is 2. The number of carbonyl (C=O) groups excluding carboxylic acids is 1. The van der Waals surface area contributed by atoms with Crippen LogP contribution in [0, 0.1) is 0 Å². The van der Waals surface area contributed by atoms with Gasteiger partial charge >= 0.3 is 0 Å². The van der Waals surface area contributed by atoms with Gasteiger partial charge in [-0.1, -0.05) is 91.0 Å². The molecular formula is C34H48O3. The summed E-state index contributed by atoms with van der Waals surface area (Å²) in [6.45, 7) is 19.7. The van der Waals surface area contributed by atoms with E-state index in [1.165, 1.54) is 0 Å². The standard InChI is InChI=1S/C28H30O3.3C2H6/c1-5-8-13-25(12-6-2)31-27-20-17-23(18-21-27)28(29)22(4)16-19-24(7-3)30-26-14-10-9-11-15-26;3*1-2/h5-6,8-21H,7H2,1-4H3;3*1-2H3/b8-5-,12-6-,22-16+,24-19+,25-13+;;;. The Hall–Kier alpha value is -3.59. The van der Waals surface area contributed by atoms with E-state index in [1.54, 1.807) is 30.3 Å². The van der Waals surface area contributed by atoms with Crippen LogP contribution in [0.5, 0.6) is 11.5 Å². The van der Waals surface area contributed by atoms with Gasteiger partial charge in [-0.25, -0.2) is 0 Å². The van der Waals surface area contributed by atoms with E-state index in [-0.39, 0.29) is 5.78 Å². The van der Waals surface area contributed by atoms with E-state index in [1.807, 2.05) is 136 Å². The minimum Gasteiger partial charge on any atom is -0.462 e. The van der Waals surface area contributed by atoms with E-state index in [2.05, 4.69) is 0 Å². The highest BCUT2D eigenvalue weighted by atomic mass is 16.5. The Morgan fingerprint density at radius 1 is 0.730 bits per heavy atom. The molecule has 0 saturated heterocycles. The zero-order chi connectivity index (χ0) is 28.5. The SMILES string of the molecule is CC.CC.CC.C\C=C/C=C(\C=C/C)Oc1ccc(C(=O)/C(C)=C/C=C(\CC)Oc2ccccc2)cc1. The maximum absolute atomic E-state index is 12.8. The van der Waals surface area contributed by atoms with E-state index in [0.29, 0.717) is 16.9 Å². The average Bonchev–Trinajstić information content (AvgIpc) is 2.97. The van der Waals surface area contributed by atoms with Gasteiger partial charge < -0.3 is 9.47 Å². The molecule has 0 spiro atoms. The molecule has 0 radical (unpaired) electrons. The lowest BCUT2D eigenvalue weighted by atomic mass is 10.0. The molecule has 0 saturated carbocycles. The van der Waals surface area contributed by atoms with Crippen LogP contribution in [-0.4, -0.2) is 5.78 Å². The lowest BCUT2D eigenvalue weighted by molar-refractivity contribution is 0.103. The Balaban J connectivity index is 0. The fourth-order valence-corrected chi connectivity index (χ4v) is 2.67. The maximum atomic E-state index is 12.8. The van der Waals surface area contributed by atoms with E-state index >= 15 is 0 Å². The lowest BCUT2D eigenvalue weighted by Crippen LogP contribution is -2.01. The first-order valence-electron chi connectivity index (χ1n) is 13.5. The number of ketones is 1. The summed E-state index contributed by atoms with van der Waals surface area (Å²) >= 11 is 0. The monoisotopic (exact) mass is 504 g/mol. The highest BCUT2D eigenvalue weighted by Crippen LogP contribution is 2.19.